The summed E-state index contributed by atoms with van der Waals surface area (Å²) in [5, 5.41) is 0. The molecule has 13 heavy (non-hydrogen) atoms. The zero-order valence-electron chi connectivity index (χ0n) is 6.95. The maximum atomic E-state index is 11.0. The second-order valence-corrected chi connectivity index (χ2v) is 3.40. The van der Waals surface area contributed by atoms with Gasteiger partial charge in [-0.2, -0.15) is 0 Å². The fourth-order valence-corrected chi connectivity index (χ4v) is 1.35. The molecular formula is C6H9N2O4P. The first-order valence-corrected chi connectivity index (χ1v) is 5.06. The molecule has 0 saturated heterocycles. The molecule has 72 valence electrons. The highest BCUT2D eigenvalue weighted by Crippen LogP contribution is 2.42. The van der Waals surface area contributed by atoms with Gasteiger partial charge in [-0.3, -0.25) is 14.4 Å². The molecule has 7 heteroatoms. The van der Waals surface area contributed by atoms with Crippen molar-refractivity contribution in [2.75, 3.05) is 6.61 Å². The molecule has 1 aromatic heterocycles. The zero-order valence-corrected chi connectivity index (χ0v) is 7.85. The van der Waals surface area contributed by atoms with Crippen LogP contribution < -0.4 is 4.52 Å². The highest BCUT2D eigenvalue weighted by molar-refractivity contribution is 7.47. The van der Waals surface area contributed by atoms with Crippen LogP contribution in [-0.2, 0) is 9.09 Å². The van der Waals surface area contributed by atoms with Crippen molar-refractivity contribution in [2.45, 2.75) is 6.92 Å². The summed E-state index contributed by atoms with van der Waals surface area (Å²) in [6.45, 7) is 1.68. The predicted octanol–water partition coefficient (Wildman–Crippen LogP) is 0.992. The Balaban J connectivity index is 2.64. The lowest BCUT2D eigenvalue weighted by Gasteiger charge is -2.09. The Morgan fingerprint density at radius 3 is 2.92 bits per heavy atom. The minimum Gasteiger partial charge on any atom is -0.384 e. The molecule has 6 nitrogen and oxygen atoms in total. The number of rotatable bonds is 4. The molecule has 0 bridgehead atoms. The van der Waals surface area contributed by atoms with Crippen LogP contribution in [-0.4, -0.2) is 21.5 Å². The summed E-state index contributed by atoms with van der Waals surface area (Å²) in [6.07, 6.45) is 4.00. The van der Waals surface area contributed by atoms with Gasteiger partial charge in [0.15, 0.2) is 0 Å². The van der Waals surface area contributed by atoms with Gasteiger partial charge in [-0.15, -0.1) is 0 Å². The van der Waals surface area contributed by atoms with E-state index in [0.29, 0.717) is 0 Å². The number of aromatic nitrogens is 2. The van der Waals surface area contributed by atoms with E-state index in [9.17, 15) is 4.57 Å². The Bertz CT molecular complexity index is 305. The average Bonchev–Trinajstić information content (AvgIpc) is 2.04. The van der Waals surface area contributed by atoms with Crippen LogP contribution in [0.3, 0.4) is 0 Å². The SMILES string of the molecule is CCOP(=O)(O)Oc1cnccn1. The third-order valence-corrected chi connectivity index (χ3v) is 2.04. The molecule has 0 amide bonds. The minimum atomic E-state index is -4.02. The van der Waals surface area contributed by atoms with E-state index >= 15 is 0 Å². The summed E-state index contributed by atoms with van der Waals surface area (Å²) in [4.78, 5) is 16.3. The minimum absolute atomic E-state index is 0.0400. The molecule has 1 N–H and O–H groups in total. The van der Waals surface area contributed by atoms with Gasteiger partial charge in [0.05, 0.1) is 12.8 Å². The second kappa shape index (κ2) is 4.32. The summed E-state index contributed by atoms with van der Waals surface area (Å²) in [7, 11) is -4.02. The van der Waals surface area contributed by atoms with E-state index in [1.807, 2.05) is 0 Å². The van der Waals surface area contributed by atoms with Crippen LogP contribution in [0.2, 0.25) is 0 Å². The van der Waals surface area contributed by atoms with Gasteiger partial charge in [0, 0.05) is 12.4 Å². The number of phosphoric acid groups is 1. The van der Waals surface area contributed by atoms with Gasteiger partial charge < -0.3 is 4.52 Å². The van der Waals surface area contributed by atoms with Crippen molar-refractivity contribution < 1.29 is 18.5 Å². The van der Waals surface area contributed by atoms with Gasteiger partial charge in [-0.25, -0.2) is 9.55 Å². The first-order chi connectivity index (χ1) is 6.14. The van der Waals surface area contributed by atoms with Gasteiger partial charge in [0.2, 0.25) is 5.88 Å². The van der Waals surface area contributed by atoms with E-state index in [-0.39, 0.29) is 12.5 Å². The lowest BCUT2D eigenvalue weighted by atomic mass is 10.7. The molecule has 1 heterocycles. The molecule has 0 aromatic carbocycles. The lowest BCUT2D eigenvalue weighted by Crippen LogP contribution is -1.98. The predicted molar refractivity (Wildman–Crippen MR) is 44.1 cm³/mol. The van der Waals surface area contributed by atoms with Crippen molar-refractivity contribution in [3.05, 3.63) is 18.6 Å². The van der Waals surface area contributed by atoms with Crippen LogP contribution in [0.15, 0.2) is 18.6 Å². The molecule has 1 atom stereocenters. The van der Waals surface area contributed by atoms with Gasteiger partial charge in [0.1, 0.15) is 0 Å². The second-order valence-electron chi connectivity index (χ2n) is 2.02. The summed E-state index contributed by atoms with van der Waals surface area (Å²) in [5.41, 5.74) is 0. The quantitative estimate of drug-likeness (QED) is 0.736. The van der Waals surface area contributed by atoms with Gasteiger partial charge in [-0.05, 0) is 6.92 Å². The number of hydrogen-bond acceptors (Lipinski definition) is 5. The van der Waals surface area contributed by atoms with Crippen molar-refractivity contribution in [1.29, 1.82) is 0 Å². The Kier molecular flexibility index (Phi) is 3.36. The van der Waals surface area contributed by atoms with Crippen LogP contribution >= 0.6 is 7.82 Å². The van der Waals surface area contributed by atoms with Crippen molar-refractivity contribution in [2.24, 2.45) is 0 Å². The van der Waals surface area contributed by atoms with Crippen LogP contribution in [0.4, 0.5) is 0 Å². The molecule has 1 rings (SSSR count). The van der Waals surface area contributed by atoms with E-state index in [1.54, 1.807) is 6.92 Å². The third-order valence-electron chi connectivity index (χ3n) is 1.04. The number of nitrogens with zero attached hydrogens (tertiary/aromatic N) is 2. The monoisotopic (exact) mass is 204 g/mol. The Morgan fingerprint density at radius 2 is 2.38 bits per heavy atom. The summed E-state index contributed by atoms with van der Waals surface area (Å²) in [6, 6.07) is 0. The molecule has 1 aromatic rings. The standard InChI is InChI=1S/C6H9N2O4P/c1-2-11-13(9,10)12-6-5-7-3-4-8-6/h3-5H,2H2,1H3,(H,9,10). The van der Waals surface area contributed by atoms with Gasteiger partial charge >= 0.3 is 7.82 Å². The Labute approximate surface area is 75.2 Å². The summed E-state index contributed by atoms with van der Waals surface area (Å²) < 4.78 is 20.0. The van der Waals surface area contributed by atoms with Gasteiger partial charge in [-0.1, -0.05) is 0 Å². The van der Waals surface area contributed by atoms with E-state index in [4.69, 9.17) is 4.89 Å². The maximum absolute atomic E-state index is 11.0. The van der Waals surface area contributed by atoms with Crippen LogP contribution in [0, 0.1) is 0 Å². The topological polar surface area (TPSA) is 81.5 Å². The van der Waals surface area contributed by atoms with Crippen molar-refractivity contribution in [3.8, 4) is 5.88 Å². The van der Waals surface area contributed by atoms with Crippen molar-refractivity contribution in [1.82, 2.24) is 9.97 Å². The molecule has 0 fully saturated rings. The first-order valence-electron chi connectivity index (χ1n) is 3.57. The van der Waals surface area contributed by atoms with Crippen LogP contribution in [0.25, 0.3) is 0 Å². The lowest BCUT2D eigenvalue weighted by molar-refractivity contribution is 0.210. The summed E-state index contributed by atoms with van der Waals surface area (Å²) in [5.74, 6) is -0.0400. The smallest absolute Gasteiger partial charge is 0.384 e. The molecule has 0 saturated carbocycles. The molecule has 0 spiro atoms. The summed E-state index contributed by atoms with van der Waals surface area (Å²) >= 11 is 0. The largest absolute Gasteiger partial charge is 0.528 e. The average molecular weight is 204 g/mol. The molecule has 0 aliphatic carbocycles. The highest BCUT2D eigenvalue weighted by Gasteiger charge is 2.22. The van der Waals surface area contributed by atoms with E-state index in [2.05, 4.69) is 19.0 Å². The van der Waals surface area contributed by atoms with E-state index < -0.39 is 7.82 Å². The Morgan fingerprint density at radius 1 is 1.62 bits per heavy atom. The molecule has 1 unspecified atom stereocenters. The molecular weight excluding hydrogens is 195 g/mol. The maximum Gasteiger partial charge on any atom is 0.528 e. The fraction of sp³-hybridized carbons (Fsp3) is 0.333. The zero-order chi connectivity index (χ0) is 9.73. The van der Waals surface area contributed by atoms with E-state index in [1.165, 1.54) is 18.6 Å². The first kappa shape index (κ1) is 10.1. The fourth-order valence-electron chi connectivity index (χ4n) is 0.640. The number of phosphoric ester groups is 1. The third kappa shape index (κ3) is 3.50. The number of hydrogen-bond donors (Lipinski definition) is 1. The molecule has 0 aliphatic heterocycles. The molecule has 0 radical (unpaired) electrons. The van der Waals surface area contributed by atoms with Crippen molar-refractivity contribution >= 4 is 7.82 Å². The van der Waals surface area contributed by atoms with E-state index in [0.717, 1.165) is 0 Å². The van der Waals surface area contributed by atoms with Crippen molar-refractivity contribution in [3.63, 3.8) is 0 Å². The molecule has 0 aliphatic rings. The highest BCUT2D eigenvalue weighted by atomic mass is 31.2. The normalized spacial score (nSPS) is 14.9. The van der Waals surface area contributed by atoms with Crippen LogP contribution in [0.1, 0.15) is 6.92 Å². The Hall–Kier alpha value is -0.970. The van der Waals surface area contributed by atoms with Crippen LogP contribution in [0.5, 0.6) is 5.88 Å². The van der Waals surface area contributed by atoms with Gasteiger partial charge in [0.25, 0.3) is 0 Å².